The molecule has 1 atom stereocenters. The summed E-state index contributed by atoms with van der Waals surface area (Å²) in [5, 5.41) is 6.57. The van der Waals surface area contributed by atoms with Gasteiger partial charge in [0.1, 0.15) is 0 Å². The number of hydrogen-bond donors (Lipinski definition) is 2. The van der Waals surface area contributed by atoms with Crippen LogP contribution in [0.5, 0.6) is 0 Å². The molecule has 0 fully saturated rings. The van der Waals surface area contributed by atoms with Gasteiger partial charge in [0.15, 0.2) is 0 Å². The van der Waals surface area contributed by atoms with Crippen LogP contribution in [-0.2, 0) is 0 Å². The number of hydrogen-bond acceptors (Lipinski definition) is 2. The Hall–Kier alpha value is -1.80. The minimum Gasteiger partial charge on any atom is -0.388 e. The summed E-state index contributed by atoms with van der Waals surface area (Å²) in [7, 11) is 3.95. The van der Waals surface area contributed by atoms with E-state index < -0.39 is 0 Å². The van der Waals surface area contributed by atoms with Gasteiger partial charge in [-0.1, -0.05) is 35.9 Å². The van der Waals surface area contributed by atoms with Crippen molar-refractivity contribution in [3.05, 3.63) is 64.7 Å². The normalized spacial score (nSPS) is 12.2. The fourth-order valence-corrected chi connectivity index (χ4v) is 2.41. The van der Waals surface area contributed by atoms with E-state index in [-0.39, 0.29) is 6.04 Å². The second-order valence-electron chi connectivity index (χ2n) is 4.95. The molecule has 0 radical (unpaired) electrons. The van der Waals surface area contributed by atoms with Crippen molar-refractivity contribution >= 4 is 5.69 Å². The van der Waals surface area contributed by atoms with Crippen molar-refractivity contribution in [3.8, 4) is 0 Å². The highest BCUT2D eigenvalue weighted by molar-refractivity contribution is 5.47. The maximum absolute atomic E-state index is 3.42. The standard InChI is InChI=1S/C17H22N2/c1-12-5-6-13(2)16(11-12)17(19-4)14-7-9-15(18-3)10-8-14/h5-11,17-19H,1-4H3. The molecule has 1 unspecified atom stereocenters. The first kappa shape index (κ1) is 13.6. The van der Waals surface area contributed by atoms with Gasteiger partial charge in [0.2, 0.25) is 0 Å². The summed E-state index contributed by atoms with van der Waals surface area (Å²) in [4.78, 5) is 0. The molecule has 0 amide bonds. The van der Waals surface area contributed by atoms with E-state index in [1.165, 1.54) is 22.3 Å². The monoisotopic (exact) mass is 254 g/mol. The second-order valence-corrected chi connectivity index (χ2v) is 4.95. The lowest BCUT2D eigenvalue weighted by atomic mass is 9.93. The van der Waals surface area contributed by atoms with Gasteiger partial charge in [0.05, 0.1) is 6.04 Å². The minimum absolute atomic E-state index is 0.241. The van der Waals surface area contributed by atoms with Gasteiger partial charge in [-0.15, -0.1) is 0 Å². The first-order valence-corrected chi connectivity index (χ1v) is 6.68. The predicted octanol–water partition coefficient (Wildman–Crippen LogP) is 3.65. The Kier molecular flexibility index (Phi) is 4.23. The molecular formula is C17H22N2. The molecule has 0 aliphatic heterocycles. The molecule has 0 heterocycles. The Bertz CT molecular complexity index is 544. The third-order valence-corrected chi connectivity index (χ3v) is 3.57. The van der Waals surface area contributed by atoms with Crippen molar-refractivity contribution in [1.82, 2.24) is 5.32 Å². The van der Waals surface area contributed by atoms with E-state index in [2.05, 4.69) is 66.9 Å². The van der Waals surface area contributed by atoms with E-state index in [1.54, 1.807) is 0 Å². The highest BCUT2D eigenvalue weighted by atomic mass is 14.9. The number of anilines is 1. The van der Waals surface area contributed by atoms with E-state index in [1.807, 2.05) is 14.1 Å². The van der Waals surface area contributed by atoms with Crippen LogP contribution in [0.3, 0.4) is 0 Å². The van der Waals surface area contributed by atoms with E-state index in [0.717, 1.165) is 5.69 Å². The molecule has 0 saturated heterocycles. The van der Waals surface area contributed by atoms with Gasteiger partial charge >= 0.3 is 0 Å². The number of aryl methyl sites for hydroxylation is 2. The van der Waals surface area contributed by atoms with Gasteiger partial charge in [0, 0.05) is 12.7 Å². The molecule has 19 heavy (non-hydrogen) atoms. The topological polar surface area (TPSA) is 24.1 Å². The van der Waals surface area contributed by atoms with Gasteiger partial charge in [-0.05, 0) is 49.7 Å². The SMILES string of the molecule is CNc1ccc(C(NC)c2cc(C)ccc2C)cc1. The molecule has 100 valence electrons. The lowest BCUT2D eigenvalue weighted by Crippen LogP contribution is -2.18. The Morgan fingerprint density at radius 3 is 2.16 bits per heavy atom. The minimum atomic E-state index is 0.241. The molecule has 0 aliphatic rings. The van der Waals surface area contributed by atoms with E-state index >= 15 is 0 Å². The molecule has 0 bridgehead atoms. The summed E-state index contributed by atoms with van der Waals surface area (Å²) in [5.74, 6) is 0. The van der Waals surface area contributed by atoms with Gasteiger partial charge in [-0.2, -0.15) is 0 Å². The molecule has 0 aromatic heterocycles. The Labute approximate surface area is 115 Å². The second kappa shape index (κ2) is 5.89. The fraction of sp³-hybridized carbons (Fsp3) is 0.294. The summed E-state index contributed by atoms with van der Waals surface area (Å²) in [5.41, 5.74) is 6.39. The van der Waals surface area contributed by atoms with Gasteiger partial charge < -0.3 is 10.6 Å². The summed E-state index contributed by atoms with van der Waals surface area (Å²) >= 11 is 0. The van der Waals surface area contributed by atoms with Crippen LogP contribution in [-0.4, -0.2) is 14.1 Å². The number of rotatable bonds is 4. The van der Waals surface area contributed by atoms with Crippen LogP contribution in [0.1, 0.15) is 28.3 Å². The van der Waals surface area contributed by atoms with Crippen LogP contribution in [0.15, 0.2) is 42.5 Å². The zero-order chi connectivity index (χ0) is 13.8. The smallest absolute Gasteiger partial charge is 0.0577 e. The molecular weight excluding hydrogens is 232 g/mol. The average Bonchev–Trinajstić information content (AvgIpc) is 2.44. The van der Waals surface area contributed by atoms with Crippen LogP contribution in [0.25, 0.3) is 0 Å². The Morgan fingerprint density at radius 1 is 0.895 bits per heavy atom. The average molecular weight is 254 g/mol. The van der Waals surface area contributed by atoms with Gasteiger partial charge in [-0.25, -0.2) is 0 Å². The highest BCUT2D eigenvalue weighted by Gasteiger charge is 2.14. The molecule has 2 rings (SSSR count). The molecule has 2 nitrogen and oxygen atoms in total. The summed E-state index contributed by atoms with van der Waals surface area (Å²) < 4.78 is 0. The summed E-state index contributed by atoms with van der Waals surface area (Å²) in [6.45, 7) is 4.31. The van der Waals surface area contributed by atoms with Gasteiger partial charge in [-0.3, -0.25) is 0 Å². The predicted molar refractivity (Wildman–Crippen MR) is 82.8 cm³/mol. The van der Waals surface area contributed by atoms with Crippen molar-refractivity contribution < 1.29 is 0 Å². The summed E-state index contributed by atoms with van der Waals surface area (Å²) in [6, 6.07) is 15.4. The van der Waals surface area contributed by atoms with Crippen molar-refractivity contribution in [2.24, 2.45) is 0 Å². The first-order valence-electron chi connectivity index (χ1n) is 6.68. The highest BCUT2D eigenvalue weighted by Crippen LogP contribution is 2.26. The van der Waals surface area contributed by atoms with E-state index in [9.17, 15) is 0 Å². The van der Waals surface area contributed by atoms with Gasteiger partial charge in [0.25, 0.3) is 0 Å². The van der Waals surface area contributed by atoms with Crippen molar-refractivity contribution in [2.45, 2.75) is 19.9 Å². The molecule has 2 N–H and O–H groups in total. The van der Waals surface area contributed by atoms with Crippen LogP contribution < -0.4 is 10.6 Å². The molecule has 0 aliphatic carbocycles. The molecule has 2 heteroatoms. The largest absolute Gasteiger partial charge is 0.388 e. The fourth-order valence-electron chi connectivity index (χ4n) is 2.41. The van der Waals surface area contributed by atoms with Crippen molar-refractivity contribution in [1.29, 1.82) is 0 Å². The van der Waals surface area contributed by atoms with Crippen LogP contribution in [0.4, 0.5) is 5.69 Å². The lowest BCUT2D eigenvalue weighted by Gasteiger charge is -2.20. The Morgan fingerprint density at radius 2 is 1.58 bits per heavy atom. The maximum Gasteiger partial charge on any atom is 0.0577 e. The van der Waals surface area contributed by atoms with Crippen LogP contribution in [0.2, 0.25) is 0 Å². The van der Waals surface area contributed by atoms with E-state index in [0.29, 0.717) is 0 Å². The van der Waals surface area contributed by atoms with Crippen molar-refractivity contribution in [2.75, 3.05) is 19.4 Å². The quantitative estimate of drug-likeness (QED) is 0.870. The molecule has 2 aromatic carbocycles. The maximum atomic E-state index is 3.42. The molecule has 0 saturated carbocycles. The third kappa shape index (κ3) is 2.96. The Balaban J connectivity index is 2.40. The first-order chi connectivity index (χ1) is 9.15. The third-order valence-electron chi connectivity index (χ3n) is 3.57. The van der Waals surface area contributed by atoms with Crippen molar-refractivity contribution in [3.63, 3.8) is 0 Å². The number of nitrogens with one attached hydrogen (secondary N) is 2. The van der Waals surface area contributed by atoms with Crippen LogP contribution >= 0.6 is 0 Å². The number of benzene rings is 2. The zero-order valence-electron chi connectivity index (χ0n) is 12.1. The van der Waals surface area contributed by atoms with Crippen LogP contribution in [0, 0.1) is 13.8 Å². The zero-order valence-corrected chi connectivity index (χ0v) is 12.1. The lowest BCUT2D eigenvalue weighted by molar-refractivity contribution is 0.687. The van der Waals surface area contributed by atoms with E-state index in [4.69, 9.17) is 0 Å². The molecule has 2 aromatic rings. The summed E-state index contributed by atoms with van der Waals surface area (Å²) in [6.07, 6.45) is 0. The molecule has 0 spiro atoms.